The van der Waals surface area contributed by atoms with Gasteiger partial charge in [-0.25, -0.2) is 0 Å². The predicted octanol–water partition coefficient (Wildman–Crippen LogP) is 2.14. The smallest absolute Gasteiger partial charge is 0.293 e. The highest BCUT2D eigenvalue weighted by Crippen LogP contribution is 2.26. The molecule has 3 aromatic rings. The van der Waals surface area contributed by atoms with Gasteiger partial charge in [0, 0.05) is 44.3 Å². The van der Waals surface area contributed by atoms with E-state index >= 15 is 0 Å². The Bertz CT molecular complexity index is 1150. The molecule has 1 fully saturated rings. The van der Waals surface area contributed by atoms with Crippen molar-refractivity contribution in [1.29, 1.82) is 0 Å². The maximum atomic E-state index is 13.1. The first-order chi connectivity index (χ1) is 14.5. The number of aryl methyl sites for hydroxylation is 1. The molecule has 3 N–H and O–H groups in total. The Morgan fingerprint density at radius 1 is 1.13 bits per heavy atom. The molecule has 1 aliphatic heterocycles. The molecule has 0 unspecified atom stereocenters. The molecule has 7 heteroatoms. The number of pyridine rings is 1. The molecule has 1 amide bonds. The minimum Gasteiger partial charge on any atom is -0.502 e. The molecule has 7 nitrogen and oxygen atoms in total. The van der Waals surface area contributed by atoms with Gasteiger partial charge in [0.2, 0.25) is 0 Å². The quantitative estimate of drug-likeness (QED) is 0.618. The zero-order chi connectivity index (χ0) is 21.3. The molecule has 0 aliphatic carbocycles. The number of amides is 1. The molecular formula is C23H26N4O3. The number of rotatable bonds is 4. The molecule has 0 spiro atoms. The van der Waals surface area contributed by atoms with Gasteiger partial charge in [-0.2, -0.15) is 0 Å². The van der Waals surface area contributed by atoms with Crippen LogP contribution in [-0.2, 0) is 7.05 Å². The van der Waals surface area contributed by atoms with E-state index in [9.17, 15) is 14.7 Å². The second-order valence-electron chi connectivity index (χ2n) is 7.63. The number of aromatic nitrogens is 1. The van der Waals surface area contributed by atoms with E-state index in [4.69, 9.17) is 0 Å². The van der Waals surface area contributed by atoms with Crippen molar-refractivity contribution in [2.45, 2.75) is 13.0 Å². The predicted molar refractivity (Wildman–Crippen MR) is 118 cm³/mol. The minimum absolute atomic E-state index is 0.0128. The monoisotopic (exact) mass is 406 g/mol. The van der Waals surface area contributed by atoms with E-state index in [1.54, 1.807) is 31.3 Å². The lowest BCUT2D eigenvalue weighted by Crippen LogP contribution is -2.43. The number of para-hydroxylation sites is 1. The fourth-order valence-corrected chi connectivity index (χ4v) is 3.98. The van der Waals surface area contributed by atoms with E-state index < -0.39 is 17.2 Å². The third kappa shape index (κ3) is 3.64. The van der Waals surface area contributed by atoms with Gasteiger partial charge < -0.3 is 25.2 Å². The number of benzene rings is 2. The van der Waals surface area contributed by atoms with E-state index in [1.165, 1.54) is 4.57 Å². The zero-order valence-electron chi connectivity index (χ0n) is 17.2. The SMILES string of the molecule is C[C@@H](NC(=O)c1c(O)c(=O)n(C)c2ccccc12)c1cccc(N2CCNCC2)c1. The number of hydrogen-bond acceptors (Lipinski definition) is 5. The second-order valence-corrected chi connectivity index (χ2v) is 7.63. The van der Waals surface area contributed by atoms with Gasteiger partial charge >= 0.3 is 0 Å². The normalized spacial score (nSPS) is 15.2. The Morgan fingerprint density at radius 2 is 1.87 bits per heavy atom. The highest BCUT2D eigenvalue weighted by molar-refractivity contribution is 6.08. The van der Waals surface area contributed by atoms with Gasteiger partial charge in [0.05, 0.1) is 17.1 Å². The van der Waals surface area contributed by atoms with E-state index in [2.05, 4.69) is 27.7 Å². The molecule has 1 aliphatic rings. The first-order valence-electron chi connectivity index (χ1n) is 10.1. The Morgan fingerprint density at radius 3 is 2.63 bits per heavy atom. The number of hydrogen-bond donors (Lipinski definition) is 3. The Hall–Kier alpha value is -3.32. The van der Waals surface area contributed by atoms with Crippen LogP contribution in [0.5, 0.6) is 5.75 Å². The molecule has 2 aromatic carbocycles. The van der Waals surface area contributed by atoms with Crippen molar-refractivity contribution in [2.24, 2.45) is 7.05 Å². The van der Waals surface area contributed by atoms with Gasteiger partial charge in [-0.05, 0) is 30.7 Å². The van der Waals surface area contributed by atoms with Crippen LogP contribution in [0.2, 0.25) is 0 Å². The third-order valence-electron chi connectivity index (χ3n) is 5.71. The first kappa shape index (κ1) is 20.0. The fourth-order valence-electron chi connectivity index (χ4n) is 3.98. The van der Waals surface area contributed by atoms with Crippen LogP contribution in [0.3, 0.4) is 0 Å². The van der Waals surface area contributed by atoms with Crippen LogP contribution in [0.4, 0.5) is 5.69 Å². The summed E-state index contributed by atoms with van der Waals surface area (Å²) in [6.07, 6.45) is 0. The number of nitrogens with one attached hydrogen (secondary N) is 2. The maximum Gasteiger partial charge on any atom is 0.293 e. The van der Waals surface area contributed by atoms with Crippen molar-refractivity contribution in [3.05, 3.63) is 70.0 Å². The van der Waals surface area contributed by atoms with Gasteiger partial charge in [-0.15, -0.1) is 0 Å². The van der Waals surface area contributed by atoms with Gasteiger partial charge in [-0.1, -0.05) is 30.3 Å². The largest absolute Gasteiger partial charge is 0.502 e. The van der Waals surface area contributed by atoms with Gasteiger partial charge in [-0.3, -0.25) is 9.59 Å². The lowest BCUT2D eigenvalue weighted by molar-refractivity contribution is 0.0938. The van der Waals surface area contributed by atoms with Crippen LogP contribution in [-0.4, -0.2) is 41.8 Å². The van der Waals surface area contributed by atoms with Crippen molar-refractivity contribution in [1.82, 2.24) is 15.2 Å². The number of nitrogens with zero attached hydrogens (tertiary/aromatic N) is 2. The van der Waals surface area contributed by atoms with Gasteiger partial charge in [0.15, 0.2) is 5.75 Å². The summed E-state index contributed by atoms with van der Waals surface area (Å²) in [7, 11) is 1.58. The molecule has 4 rings (SSSR count). The van der Waals surface area contributed by atoms with Crippen molar-refractivity contribution in [3.63, 3.8) is 0 Å². The lowest BCUT2D eigenvalue weighted by atomic mass is 10.0. The van der Waals surface area contributed by atoms with E-state index in [0.29, 0.717) is 10.9 Å². The van der Waals surface area contributed by atoms with E-state index in [1.807, 2.05) is 19.1 Å². The summed E-state index contributed by atoms with van der Waals surface area (Å²) in [5.41, 5.74) is 2.11. The molecule has 1 aromatic heterocycles. The average molecular weight is 406 g/mol. The summed E-state index contributed by atoms with van der Waals surface area (Å²) in [5, 5.41) is 17.3. The second kappa shape index (κ2) is 8.20. The summed E-state index contributed by atoms with van der Waals surface area (Å²) in [5.74, 6) is -1.00. The van der Waals surface area contributed by atoms with Gasteiger partial charge in [0.25, 0.3) is 11.5 Å². The van der Waals surface area contributed by atoms with Crippen LogP contribution in [0.1, 0.15) is 28.9 Å². The Balaban J connectivity index is 1.63. The zero-order valence-corrected chi connectivity index (χ0v) is 17.2. The Labute approximate surface area is 174 Å². The topological polar surface area (TPSA) is 86.6 Å². The van der Waals surface area contributed by atoms with Crippen molar-refractivity contribution in [3.8, 4) is 5.75 Å². The van der Waals surface area contributed by atoms with E-state index in [-0.39, 0.29) is 11.6 Å². The van der Waals surface area contributed by atoms with Crippen LogP contribution < -0.4 is 21.1 Å². The summed E-state index contributed by atoms with van der Waals surface area (Å²) in [6, 6.07) is 14.9. The first-order valence-corrected chi connectivity index (χ1v) is 10.1. The van der Waals surface area contributed by atoms with Crippen LogP contribution in [0.25, 0.3) is 10.9 Å². The third-order valence-corrected chi connectivity index (χ3v) is 5.71. The highest BCUT2D eigenvalue weighted by Gasteiger charge is 2.22. The number of carbonyl (C=O) groups is 1. The molecule has 0 radical (unpaired) electrons. The standard InChI is InChI=1S/C23H26N4O3/c1-15(16-6-5-7-17(14-16)27-12-10-24-11-13-27)25-22(29)20-18-8-3-4-9-19(18)26(2)23(30)21(20)28/h3-9,14-15,24,28H,10-13H2,1-2H3,(H,25,29)/t15-/m1/s1. The number of carbonyl (C=O) groups excluding carboxylic acids is 1. The maximum absolute atomic E-state index is 13.1. The molecular weight excluding hydrogens is 380 g/mol. The van der Waals surface area contributed by atoms with E-state index in [0.717, 1.165) is 37.4 Å². The summed E-state index contributed by atoms with van der Waals surface area (Å²) < 4.78 is 1.35. The number of piperazine rings is 1. The summed E-state index contributed by atoms with van der Waals surface area (Å²) in [4.78, 5) is 27.8. The molecule has 0 saturated carbocycles. The Kier molecular flexibility index (Phi) is 5.46. The van der Waals surface area contributed by atoms with Gasteiger partial charge in [0.1, 0.15) is 0 Å². The van der Waals surface area contributed by atoms with Crippen molar-refractivity contribution in [2.75, 3.05) is 31.1 Å². The fraction of sp³-hybridized carbons (Fsp3) is 0.304. The van der Waals surface area contributed by atoms with Crippen LogP contribution in [0, 0.1) is 0 Å². The molecule has 30 heavy (non-hydrogen) atoms. The van der Waals surface area contributed by atoms with Crippen molar-refractivity contribution < 1.29 is 9.90 Å². The lowest BCUT2D eigenvalue weighted by Gasteiger charge is -2.30. The number of aromatic hydroxyl groups is 1. The number of anilines is 1. The summed E-state index contributed by atoms with van der Waals surface area (Å²) in [6.45, 7) is 5.68. The minimum atomic E-state index is -0.591. The van der Waals surface area contributed by atoms with Crippen LogP contribution >= 0.6 is 0 Å². The molecule has 156 valence electrons. The summed E-state index contributed by atoms with van der Waals surface area (Å²) >= 11 is 0. The number of fused-ring (bicyclic) bond motifs is 1. The molecule has 2 heterocycles. The molecule has 1 atom stereocenters. The van der Waals surface area contributed by atoms with Crippen LogP contribution in [0.15, 0.2) is 53.3 Å². The molecule has 1 saturated heterocycles. The highest BCUT2D eigenvalue weighted by atomic mass is 16.3. The average Bonchev–Trinajstić information content (AvgIpc) is 2.78. The molecule has 0 bridgehead atoms. The van der Waals surface area contributed by atoms with Crippen molar-refractivity contribution >= 4 is 22.5 Å².